The first-order valence-corrected chi connectivity index (χ1v) is 7.25. The van der Waals surface area contributed by atoms with Crippen molar-refractivity contribution in [1.29, 1.82) is 0 Å². The third-order valence-electron chi connectivity index (χ3n) is 4.16. The molecule has 2 aliphatic rings. The zero-order valence-corrected chi connectivity index (χ0v) is 11.5. The number of hydrogen-bond acceptors (Lipinski definition) is 5. The van der Waals surface area contributed by atoms with E-state index in [9.17, 15) is 0 Å². The molecule has 2 N–H and O–H groups in total. The lowest BCUT2D eigenvalue weighted by atomic mass is 9.83. The number of nitrogens with zero attached hydrogens (tertiary/aromatic N) is 2. The molecule has 1 aromatic rings. The summed E-state index contributed by atoms with van der Waals surface area (Å²) in [5.41, 5.74) is 2.33. The lowest BCUT2D eigenvalue weighted by molar-refractivity contribution is 0.302. The van der Waals surface area contributed by atoms with E-state index in [0.29, 0.717) is 6.01 Å². The Labute approximate surface area is 114 Å². The Bertz CT molecular complexity index is 445. The summed E-state index contributed by atoms with van der Waals surface area (Å²) in [6.07, 6.45) is 6.40. The average molecular weight is 262 g/mol. The van der Waals surface area contributed by atoms with Gasteiger partial charge in [0.2, 0.25) is 0 Å². The van der Waals surface area contributed by atoms with Gasteiger partial charge in [0, 0.05) is 31.6 Å². The summed E-state index contributed by atoms with van der Waals surface area (Å²) in [4.78, 5) is 8.91. The van der Waals surface area contributed by atoms with Gasteiger partial charge in [0.25, 0.3) is 0 Å². The van der Waals surface area contributed by atoms with Crippen molar-refractivity contribution < 1.29 is 4.74 Å². The summed E-state index contributed by atoms with van der Waals surface area (Å²) in [5.74, 6) is 1.87. The number of rotatable bonds is 5. The molecular formula is C14H22N4O. The molecule has 3 rings (SSSR count). The van der Waals surface area contributed by atoms with Gasteiger partial charge >= 0.3 is 6.01 Å². The SMILES string of the molecule is COc1nc2c(c(NCCC3CCC3)n1)CNCC2. The molecule has 5 nitrogen and oxygen atoms in total. The van der Waals surface area contributed by atoms with Crippen LogP contribution in [-0.4, -0.2) is 30.2 Å². The third kappa shape index (κ3) is 2.81. The number of aromatic nitrogens is 2. The number of nitrogens with one attached hydrogen (secondary N) is 2. The summed E-state index contributed by atoms with van der Waals surface area (Å²) in [5, 5.41) is 6.86. The van der Waals surface area contributed by atoms with Crippen LogP contribution in [0.15, 0.2) is 0 Å². The summed E-state index contributed by atoms with van der Waals surface area (Å²) in [7, 11) is 1.63. The van der Waals surface area contributed by atoms with E-state index in [1.165, 1.54) is 31.2 Å². The molecule has 5 heteroatoms. The lowest BCUT2D eigenvalue weighted by Gasteiger charge is -2.26. The van der Waals surface area contributed by atoms with Gasteiger partial charge in [0.15, 0.2) is 0 Å². The van der Waals surface area contributed by atoms with Crippen molar-refractivity contribution in [2.75, 3.05) is 25.5 Å². The number of ether oxygens (including phenoxy) is 1. The van der Waals surface area contributed by atoms with Gasteiger partial charge in [-0.05, 0) is 12.3 Å². The maximum atomic E-state index is 5.20. The van der Waals surface area contributed by atoms with Gasteiger partial charge in [-0.25, -0.2) is 0 Å². The molecule has 0 bridgehead atoms. The Morgan fingerprint density at radius 2 is 2.26 bits per heavy atom. The van der Waals surface area contributed by atoms with Gasteiger partial charge < -0.3 is 15.4 Å². The lowest BCUT2D eigenvalue weighted by Crippen LogP contribution is -2.27. The smallest absolute Gasteiger partial charge is 0.318 e. The van der Waals surface area contributed by atoms with Crippen molar-refractivity contribution in [3.8, 4) is 6.01 Å². The Morgan fingerprint density at radius 1 is 1.37 bits per heavy atom. The zero-order valence-electron chi connectivity index (χ0n) is 11.5. The standard InChI is InChI=1S/C14H22N4O/c1-19-14-17-12-6-7-15-9-11(12)13(18-14)16-8-5-10-3-2-4-10/h10,15H,2-9H2,1H3,(H,16,17,18). The molecule has 2 heterocycles. The van der Waals surface area contributed by atoms with Crippen LogP contribution in [0.2, 0.25) is 0 Å². The van der Waals surface area contributed by atoms with E-state index in [1.807, 2.05) is 0 Å². The molecule has 1 fully saturated rings. The fourth-order valence-electron chi connectivity index (χ4n) is 2.73. The molecule has 0 amide bonds. The maximum Gasteiger partial charge on any atom is 0.318 e. The normalized spacial score (nSPS) is 18.6. The minimum atomic E-state index is 0.479. The zero-order chi connectivity index (χ0) is 13.1. The van der Waals surface area contributed by atoms with Gasteiger partial charge in [-0.3, -0.25) is 0 Å². The van der Waals surface area contributed by atoms with E-state index in [-0.39, 0.29) is 0 Å². The number of fused-ring (bicyclic) bond motifs is 1. The number of methoxy groups -OCH3 is 1. The predicted molar refractivity (Wildman–Crippen MR) is 74.4 cm³/mol. The fraction of sp³-hybridized carbons (Fsp3) is 0.714. The first-order chi connectivity index (χ1) is 9.36. The second kappa shape index (κ2) is 5.74. The molecule has 1 saturated carbocycles. The average Bonchev–Trinajstić information content (AvgIpc) is 2.41. The Kier molecular flexibility index (Phi) is 3.82. The highest BCUT2D eigenvalue weighted by molar-refractivity contribution is 5.48. The van der Waals surface area contributed by atoms with Crippen molar-refractivity contribution in [3.63, 3.8) is 0 Å². The first-order valence-electron chi connectivity index (χ1n) is 7.25. The largest absolute Gasteiger partial charge is 0.467 e. The number of anilines is 1. The maximum absolute atomic E-state index is 5.20. The molecule has 1 aliphatic heterocycles. The minimum absolute atomic E-state index is 0.479. The molecule has 19 heavy (non-hydrogen) atoms. The van der Waals surface area contributed by atoms with Crippen molar-refractivity contribution in [1.82, 2.24) is 15.3 Å². The topological polar surface area (TPSA) is 59.1 Å². The second-order valence-electron chi connectivity index (χ2n) is 5.42. The van der Waals surface area contributed by atoms with Gasteiger partial charge in [-0.1, -0.05) is 19.3 Å². The third-order valence-corrected chi connectivity index (χ3v) is 4.16. The molecule has 0 atom stereocenters. The molecule has 104 valence electrons. The van der Waals surface area contributed by atoms with Gasteiger partial charge in [-0.2, -0.15) is 9.97 Å². The van der Waals surface area contributed by atoms with Crippen LogP contribution >= 0.6 is 0 Å². The highest BCUT2D eigenvalue weighted by atomic mass is 16.5. The molecular weight excluding hydrogens is 240 g/mol. The van der Waals surface area contributed by atoms with E-state index in [1.54, 1.807) is 7.11 Å². The Balaban J connectivity index is 1.70. The van der Waals surface area contributed by atoms with Crippen LogP contribution < -0.4 is 15.4 Å². The van der Waals surface area contributed by atoms with Crippen LogP contribution in [0.1, 0.15) is 36.9 Å². The summed E-state index contributed by atoms with van der Waals surface area (Å²) in [6, 6.07) is 0.479. The number of hydrogen-bond donors (Lipinski definition) is 2. The summed E-state index contributed by atoms with van der Waals surface area (Å²) < 4.78 is 5.20. The minimum Gasteiger partial charge on any atom is -0.467 e. The molecule has 0 saturated heterocycles. The highest BCUT2D eigenvalue weighted by Crippen LogP contribution is 2.29. The fourth-order valence-corrected chi connectivity index (χ4v) is 2.73. The van der Waals surface area contributed by atoms with E-state index >= 15 is 0 Å². The first kappa shape index (κ1) is 12.7. The van der Waals surface area contributed by atoms with Gasteiger partial charge in [0.05, 0.1) is 12.8 Å². The van der Waals surface area contributed by atoms with Crippen LogP contribution in [0.5, 0.6) is 6.01 Å². The van der Waals surface area contributed by atoms with E-state index < -0.39 is 0 Å². The molecule has 1 aromatic heterocycles. The second-order valence-corrected chi connectivity index (χ2v) is 5.42. The van der Waals surface area contributed by atoms with Crippen LogP contribution in [0.4, 0.5) is 5.82 Å². The van der Waals surface area contributed by atoms with E-state index in [4.69, 9.17) is 4.74 Å². The van der Waals surface area contributed by atoms with Crippen LogP contribution in [0, 0.1) is 5.92 Å². The molecule has 0 radical (unpaired) electrons. The quantitative estimate of drug-likeness (QED) is 0.846. The van der Waals surface area contributed by atoms with Crippen LogP contribution in [-0.2, 0) is 13.0 Å². The molecule has 0 unspecified atom stereocenters. The molecule has 0 spiro atoms. The van der Waals surface area contributed by atoms with Gasteiger partial charge in [-0.15, -0.1) is 0 Å². The van der Waals surface area contributed by atoms with Crippen molar-refractivity contribution in [3.05, 3.63) is 11.3 Å². The summed E-state index contributed by atoms with van der Waals surface area (Å²) >= 11 is 0. The van der Waals surface area contributed by atoms with Crippen molar-refractivity contribution >= 4 is 5.82 Å². The van der Waals surface area contributed by atoms with Crippen LogP contribution in [0.3, 0.4) is 0 Å². The van der Waals surface area contributed by atoms with E-state index in [0.717, 1.165) is 43.5 Å². The molecule has 0 aromatic carbocycles. The predicted octanol–water partition coefficient (Wildman–Crippen LogP) is 1.73. The van der Waals surface area contributed by atoms with Gasteiger partial charge in [0.1, 0.15) is 5.82 Å². The monoisotopic (exact) mass is 262 g/mol. The van der Waals surface area contributed by atoms with Crippen molar-refractivity contribution in [2.24, 2.45) is 5.92 Å². The Morgan fingerprint density at radius 3 is 3.00 bits per heavy atom. The molecule has 1 aliphatic carbocycles. The van der Waals surface area contributed by atoms with Crippen LogP contribution in [0.25, 0.3) is 0 Å². The van der Waals surface area contributed by atoms with E-state index in [2.05, 4.69) is 20.6 Å². The highest BCUT2D eigenvalue weighted by Gasteiger charge is 2.19. The van der Waals surface area contributed by atoms with Crippen molar-refractivity contribution in [2.45, 2.75) is 38.6 Å². The Hall–Kier alpha value is -1.36. The summed E-state index contributed by atoms with van der Waals surface area (Å²) in [6.45, 7) is 2.83.